The van der Waals surface area contributed by atoms with Gasteiger partial charge in [0.25, 0.3) is 0 Å². The minimum atomic E-state index is -0.502. The van der Waals surface area contributed by atoms with E-state index in [1.165, 1.54) is 24.5 Å². The molecule has 112 valence electrons. The van der Waals surface area contributed by atoms with E-state index >= 15 is 0 Å². The van der Waals surface area contributed by atoms with Gasteiger partial charge >= 0.3 is 5.97 Å². The van der Waals surface area contributed by atoms with E-state index < -0.39 is 5.97 Å². The number of methoxy groups -OCH3 is 1. The van der Waals surface area contributed by atoms with Gasteiger partial charge < -0.3 is 15.2 Å². The lowest BCUT2D eigenvalue weighted by molar-refractivity contribution is 0.0600. The zero-order chi connectivity index (χ0) is 15.5. The highest BCUT2D eigenvalue weighted by Crippen LogP contribution is 2.33. The number of hydrogen-bond donors (Lipinski definition) is 2. The van der Waals surface area contributed by atoms with E-state index in [-0.39, 0.29) is 11.3 Å². The zero-order valence-electron chi connectivity index (χ0n) is 11.4. The third-order valence-corrected chi connectivity index (χ3v) is 4.70. The summed E-state index contributed by atoms with van der Waals surface area (Å²) >= 11 is 2.97. The lowest BCUT2D eigenvalue weighted by Crippen LogP contribution is -2.01. The minimum absolute atomic E-state index is 0.0595. The highest BCUT2D eigenvalue weighted by atomic mass is 32.1. The van der Waals surface area contributed by atoms with Crippen molar-refractivity contribution in [2.45, 2.75) is 0 Å². The topological polar surface area (TPSA) is 84.3 Å². The molecule has 2 aromatic heterocycles. The molecule has 0 unspecified atom stereocenters. The predicted molar refractivity (Wildman–Crippen MR) is 86.0 cm³/mol. The first-order valence-corrected chi connectivity index (χ1v) is 7.92. The maximum absolute atomic E-state index is 11.4. The fourth-order valence-corrected chi connectivity index (χ4v) is 3.32. The Balaban J connectivity index is 1.80. The van der Waals surface area contributed by atoms with Crippen molar-refractivity contribution < 1.29 is 14.6 Å². The standard InChI is InChI=1S/C14H11N3O3S2/c1-20-13(19)8-4-5-9(10(18)7-8)15-14-17-16-12(22-14)11-3-2-6-21-11/h2-7,18H,1H3,(H,15,17). The van der Waals surface area contributed by atoms with Gasteiger partial charge in [-0.1, -0.05) is 17.4 Å². The third-order valence-electron chi connectivity index (χ3n) is 2.82. The molecule has 0 aliphatic heterocycles. The molecule has 0 spiro atoms. The van der Waals surface area contributed by atoms with Gasteiger partial charge in [0.1, 0.15) is 5.75 Å². The molecule has 22 heavy (non-hydrogen) atoms. The number of anilines is 2. The summed E-state index contributed by atoms with van der Waals surface area (Å²) in [7, 11) is 1.29. The lowest BCUT2D eigenvalue weighted by Gasteiger charge is -2.06. The number of hydrogen-bond acceptors (Lipinski definition) is 8. The number of ether oxygens (including phenoxy) is 1. The van der Waals surface area contributed by atoms with Crippen LogP contribution in [0.3, 0.4) is 0 Å². The molecule has 0 saturated heterocycles. The molecule has 3 rings (SSSR count). The summed E-state index contributed by atoms with van der Waals surface area (Å²) in [4.78, 5) is 12.4. The van der Waals surface area contributed by atoms with Gasteiger partial charge in [-0.05, 0) is 29.6 Å². The Bertz CT molecular complexity index is 800. The van der Waals surface area contributed by atoms with Crippen LogP contribution in [0.15, 0.2) is 35.7 Å². The summed E-state index contributed by atoms with van der Waals surface area (Å²) in [5, 5.41) is 24.5. The molecule has 0 amide bonds. The van der Waals surface area contributed by atoms with Crippen LogP contribution in [0.25, 0.3) is 9.88 Å². The SMILES string of the molecule is COC(=O)c1ccc(Nc2nnc(-c3cccs3)s2)c(O)c1. The molecule has 3 aromatic rings. The molecular formula is C14H11N3O3S2. The Hall–Kier alpha value is -2.45. The summed E-state index contributed by atoms with van der Waals surface area (Å²) < 4.78 is 4.60. The van der Waals surface area contributed by atoms with Crippen molar-refractivity contribution in [2.75, 3.05) is 12.4 Å². The molecule has 0 bridgehead atoms. The maximum atomic E-state index is 11.4. The van der Waals surface area contributed by atoms with E-state index in [2.05, 4.69) is 20.3 Å². The summed E-state index contributed by atoms with van der Waals surface area (Å²) in [6, 6.07) is 8.42. The van der Waals surface area contributed by atoms with Crippen molar-refractivity contribution in [1.29, 1.82) is 0 Å². The Morgan fingerprint density at radius 2 is 2.18 bits per heavy atom. The number of carbonyl (C=O) groups excluding carboxylic acids is 1. The molecule has 0 atom stereocenters. The summed E-state index contributed by atoms with van der Waals surface area (Å²) in [6.45, 7) is 0. The smallest absolute Gasteiger partial charge is 0.337 e. The molecule has 2 N–H and O–H groups in total. The van der Waals surface area contributed by atoms with Gasteiger partial charge in [-0.2, -0.15) is 0 Å². The van der Waals surface area contributed by atoms with Gasteiger partial charge in [-0.15, -0.1) is 21.5 Å². The van der Waals surface area contributed by atoms with Crippen LogP contribution in [0.1, 0.15) is 10.4 Å². The molecule has 8 heteroatoms. The van der Waals surface area contributed by atoms with Crippen LogP contribution in [-0.2, 0) is 4.74 Å². The molecule has 6 nitrogen and oxygen atoms in total. The second kappa shape index (κ2) is 6.12. The number of aromatic hydroxyl groups is 1. The maximum Gasteiger partial charge on any atom is 0.337 e. The minimum Gasteiger partial charge on any atom is -0.506 e. The van der Waals surface area contributed by atoms with E-state index in [1.54, 1.807) is 23.5 Å². The van der Waals surface area contributed by atoms with Crippen LogP contribution >= 0.6 is 22.7 Å². The Morgan fingerprint density at radius 1 is 1.32 bits per heavy atom. The summed E-state index contributed by atoms with van der Waals surface area (Å²) in [6.07, 6.45) is 0. The van der Waals surface area contributed by atoms with E-state index in [4.69, 9.17) is 0 Å². The van der Waals surface area contributed by atoms with E-state index in [0.29, 0.717) is 10.8 Å². The van der Waals surface area contributed by atoms with Gasteiger partial charge in [-0.3, -0.25) is 0 Å². The highest BCUT2D eigenvalue weighted by molar-refractivity contribution is 7.22. The fourth-order valence-electron chi connectivity index (χ4n) is 1.77. The van der Waals surface area contributed by atoms with Crippen LogP contribution < -0.4 is 5.32 Å². The molecular weight excluding hydrogens is 322 g/mol. The number of phenols is 1. The monoisotopic (exact) mass is 333 g/mol. The summed E-state index contributed by atoms with van der Waals surface area (Å²) in [5.74, 6) is -0.562. The average molecular weight is 333 g/mol. The second-order valence-electron chi connectivity index (χ2n) is 4.24. The number of benzene rings is 1. The number of carbonyl (C=O) groups is 1. The quantitative estimate of drug-likeness (QED) is 0.561. The third kappa shape index (κ3) is 2.92. The first-order valence-electron chi connectivity index (χ1n) is 6.23. The van der Waals surface area contributed by atoms with Crippen LogP contribution in [-0.4, -0.2) is 28.4 Å². The molecule has 0 radical (unpaired) electrons. The first kappa shape index (κ1) is 14.5. The molecule has 2 heterocycles. The molecule has 0 aliphatic rings. The number of phenolic OH excluding ortho intramolecular Hbond substituents is 1. The van der Waals surface area contributed by atoms with Crippen LogP contribution in [0.2, 0.25) is 0 Å². The normalized spacial score (nSPS) is 10.4. The van der Waals surface area contributed by atoms with Gasteiger partial charge in [0, 0.05) is 0 Å². The molecule has 0 aliphatic carbocycles. The molecule has 0 saturated carbocycles. The molecule has 0 fully saturated rings. The number of thiophene rings is 1. The largest absolute Gasteiger partial charge is 0.506 e. The number of nitrogens with zero attached hydrogens (tertiary/aromatic N) is 2. The average Bonchev–Trinajstić information content (AvgIpc) is 3.19. The number of esters is 1. The van der Waals surface area contributed by atoms with Crippen molar-refractivity contribution in [1.82, 2.24) is 10.2 Å². The van der Waals surface area contributed by atoms with Crippen molar-refractivity contribution >= 4 is 39.5 Å². The Kier molecular flexibility index (Phi) is 4.03. The highest BCUT2D eigenvalue weighted by Gasteiger charge is 2.12. The van der Waals surface area contributed by atoms with Crippen molar-refractivity contribution in [3.8, 4) is 15.6 Å². The van der Waals surface area contributed by atoms with Crippen molar-refractivity contribution in [3.05, 3.63) is 41.3 Å². The molecule has 1 aromatic carbocycles. The summed E-state index contributed by atoms with van der Waals surface area (Å²) in [5.41, 5.74) is 0.726. The number of aromatic nitrogens is 2. The number of rotatable bonds is 4. The van der Waals surface area contributed by atoms with Crippen molar-refractivity contribution in [3.63, 3.8) is 0 Å². The van der Waals surface area contributed by atoms with Crippen LogP contribution in [0, 0.1) is 0 Å². The Labute approximate surface area is 134 Å². The fraction of sp³-hybridized carbons (Fsp3) is 0.0714. The van der Waals surface area contributed by atoms with Gasteiger partial charge in [0.15, 0.2) is 5.01 Å². The number of nitrogens with one attached hydrogen (secondary N) is 1. The van der Waals surface area contributed by atoms with E-state index in [9.17, 15) is 9.90 Å². The van der Waals surface area contributed by atoms with Crippen LogP contribution in [0.4, 0.5) is 10.8 Å². The lowest BCUT2D eigenvalue weighted by atomic mass is 10.2. The van der Waals surface area contributed by atoms with Gasteiger partial charge in [0.2, 0.25) is 5.13 Å². The second-order valence-corrected chi connectivity index (χ2v) is 6.16. The van der Waals surface area contributed by atoms with Crippen molar-refractivity contribution in [2.24, 2.45) is 0 Å². The van der Waals surface area contributed by atoms with Gasteiger partial charge in [0.05, 0.1) is 23.2 Å². The van der Waals surface area contributed by atoms with Gasteiger partial charge in [-0.25, -0.2) is 4.79 Å². The predicted octanol–water partition coefficient (Wildman–Crippen LogP) is 3.50. The zero-order valence-corrected chi connectivity index (χ0v) is 13.1. The van der Waals surface area contributed by atoms with Crippen LogP contribution in [0.5, 0.6) is 5.75 Å². The first-order chi connectivity index (χ1) is 10.7. The van der Waals surface area contributed by atoms with E-state index in [1.807, 2.05) is 17.5 Å². The van der Waals surface area contributed by atoms with E-state index in [0.717, 1.165) is 9.88 Å². The Morgan fingerprint density at radius 3 is 2.86 bits per heavy atom.